The minimum absolute atomic E-state index is 0.0572. The van der Waals surface area contributed by atoms with Crippen LogP contribution in [-0.4, -0.2) is 33.5 Å². The summed E-state index contributed by atoms with van der Waals surface area (Å²) in [5.41, 5.74) is -1.09. The second kappa shape index (κ2) is 7.11. The number of alkyl halides is 3. The molecular weight excluding hydrogens is 351 g/mol. The fraction of sp³-hybridized carbons (Fsp3) is 0.294. The van der Waals surface area contributed by atoms with E-state index in [4.69, 9.17) is 5.11 Å². The lowest BCUT2D eigenvalue weighted by molar-refractivity contribution is -0.137. The summed E-state index contributed by atoms with van der Waals surface area (Å²) in [5, 5.41) is 11.4. The van der Waals surface area contributed by atoms with Gasteiger partial charge in [0.15, 0.2) is 5.69 Å². The summed E-state index contributed by atoms with van der Waals surface area (Å²) in [5.74, 6) is -1.82. The van der Waals surface area contributed by atoms with E-state index >= 15 is 0 Å². The van der Waals surface area contributed by atoms with E-state index in [-0.39, 0.29) is 17.9 Å². The minimum atomic E-state index is -4.41. The Balaban J connectivity index is 2.04. The number of carboxylic acid groups (broad SMARTS) is 1. The van der Waals surface area contributed by atoms with Crippen molar-refractivity contribution in [2.24, 2.45) is 0 Å². The third-order valence-corrected chi connectivity index (χ3v) is 3.79. The molecule has 0 saturated carbocycles. The van der Waals surface area contributed by atoms with Crippen LogP contribution >= 0.6 is 0 Å². The van der Waals surface area contributed by atoms with Crippen LogP contribution in [0.3, 0.4) is 0 Å². The lowest BCUT2D eigenvalue weighted by Crippen LogP contribution is -2.37. The van der Waals surface area contributed by atoms with Crippen molar-refractivity contribution in [3.63, 3.8) is 0 Å². The van der Waals surface area contributed by atoms with E-state index in [2.05, 4.69) is 15.3 Å². The van der Waals surface area contributed by atoms with Crippen LogP contribution in [0.15, 0.2) is 36.7 Å². The number of rotatable bonds is 5. The number of carbonyl (C=O) groups is 2. The fourth-order valence-electron chi connectivity index (χ4n) is 2.16. The Morgan fingerprint density at radius 3 is 1.96 bits per heavy atom. The van der Waals surface area contributed by atoms with Crippen LogP contribution in [0.4, 0.5) is 13.2 Å². The summed E-state index contributed by atoms with van der Waals surface area (Å²) >= 11 is 0. The van der Waals surface area contributed by atoms with Crippen molar-refractivity contribution in [3.8, 4) is 0 Å². The number of aromatic nitrogens is 2. The first kappa shape index (κ1) is 19.4. The van der Waals surface area contributed by atoms with Gasteiger partial charge in [0.05, 0.1) is 18.0 Å². The summed E-state index contributed by atoms with van der Waals surface area (Å²) in [4.78, 5) is 30.1. The number of amides is 1. The number of halogens is 3. The monoisotopic (exact) mass is 367 g/mol. The van der Waals surface area contributed by atoms with Crippen LogP contribution in [0.2, 0.25) is 0 Å². The van der Waals surface area contributed by atoms with Crippen molar-refractivity contribution >= 4 is 11.9 Å². The fourth-order valence-corrected chi connectivity index (χ4v) is 2.16. The quantitative estimate of drug-likeness (QED) is 0.848. The van der Waals surface area contributed by atoms with Gasteiger partial charge < -0.3 is 10.4 Å². The van der Waals surface area contributed by atoms with Gasteiger partial charge in [0, 0.05) is 12.0 Å². The largest absolute Gasteiger partial charge is 0.476 e. The standard InChI is InChI=1S/C17H16F3N3O3/c1-16(2,10-3-5-11(6-4-10)17(18,19)20)9-23-14(24)12-7-22-13(8-21-12)15(25)26/h3-8H,9H2,1-2H3,(H,23,24)(H,25,26). The van der Waals surface area contributed by atoms with Gasteiger partial charge in [0.2, 0.25) is 0 Å². The lowest BCUT2D eigenvalue weighted by atomic mass is 9.84. The summed E-state index contributed by atoms with van der Waals surface area (Å²) < 4.78 is 37.9. The van der Waals surface area contributed by atoms with Crippen molar-refractivity contribution in [3.05, 3.63) is 59.2 Å². The topological polar surface area (TPSA) is 92.2 Å². The highest BCUT2D eigenvalue weighted by molar-refractivity contribution is 5.92. The Hall–Kier alpha value is -2.97. The Morgan fingerprint density at radius 2 is 1.50 bits per heavy atom. The average Bonchev–Trinajstić information content (AvgIpc) is 2.59. The van der Waals surface area contributed by atoms with Crippen LogP contribution in [0.25, 0.3) is 0 Å². The zero-order valence-corrected chi connectivity index (χ0v) is 14.0. The predicted octanol–water partition coefficient (Wildman–Crippen LogP) is 2.90. The lowest BCUT2D eigenvalue weighted by Gasteiger charge is -2.26. The average molecular weight is 367 g/mol. The van der Waals surface area contributed by atoms with E-state index in [0.29, 0.717) is 5.56 Å². The van der Waals surface area contributed by atoms with Gasteiger partial charge in [0.25, 0.3) is 5.91 Å². The van der Waals surface area contributed by atoms with Gasteiger partial charge in [-0.2, -0.15) is 13.2 Å². The second-order valence-electron chi connectivity index (χ2n) is 6.23. The first-order valence-electron chi connectivity index (χ1n) is 7.52. The number of carboxylic acids is 1. The van der Waals surface area contributed by atoms with Crippen LogP contribution in [0, 0.1) is 0 Å². The zero-order valence-electron chi connectivity index (χ0n) is 14.0. The van der Waals surface area contributed by atoms with Gasteiger partial charge in [-0.1, -0.05) is 26.0 Å². The van der Waals surface area contributed by atoms with Crippen LogP contribution in [0.5, 0.6) is 0 Å². The molecule has 0 bridgehead atoms. The van der Waals surface area contributed by atoms with Gasteiger partial charge in [-0.25, -0.2) is 14.8 Å². The molecular formula is C17H16F3N3O3. The van der Waals surface area contributed by atoms with Crippen molar-refractivity contribution in [2.45, 2.75) is 25.4 Å². The second-order valence-corrected chi connectivity index (χ2v) is 6.23. The number of nitrogens with one attached hydrogen (secondary N) is 1. The maximum Gasteiger partial charge on any atom is 0.416 e. The van der Waals surface area contributed by atoms with Gasteiger partial charge >= 0.3 is 12.1 Å². The van der Waals surface area contributed by atoms with Crippen molar-refractivity contribution in [1.82, 2.24) is 15.3 Å². The van der Waals surface area contributed by atoms with Crippen molar-refractivity contribution < 1.29 is 27.9 Å². The molecule has 0 unspecified atom stereocenters. The van der Waals surface area contributed by atoms with E-state index in [1.807, 2.05) is 0 Å². The molecule has 0 spiro atoms. The Morgan fingerprint density at radius 1 is 1.00 bits per heavy atom. The van der Waals surface area contributed by atoms with Crippen molar-refractivity contribution in [2.75, 3.05) is 6.54 Å². The first-order valence-corrected chi connectivity index (χ1v) is 7.52. The van der Waals surface area contributed by atoms with Gasteiger partial charge in [-0.15, -0.1) is 0 Å². The van der Waals surface area contributed by atoms with Gasteiger partial charge in [0.1, 0.15) is 5.69 Å². The Kier molecular flexibility index (Phi) is 5.29. The molecule has 0 aliphatic heterocycles. The highest BCUT2D eigenvalue weighted by Gasteiger charge is 2.31. The molecule has 0 fully saturated rings. The molecule has 1 aromatic heterocycles. The van der Waals surface area contributed by atoms with Crippen LogP contribution in [-0.2, 0) is 11.6 Å². The molecule has 6 nitrogen and oxygen atoms in total. The maximum absolute atomic E-state index is 12.6. The zero-order chi connectivity index (χ0) is 19.5. The highest BCUT2D eigenvalue weighted by Crippen LogP contribution is 2.31. The molecule has 1 amide bonds. The highest BCUT2D eigenvalue weighted by atomic mass is 19.4. The van der Waals surface area contributed by atoms with Crippen molar-refractivity contribution in [1.29, 1.82) is 0 Å². The van der Waals surface area contributed by atoms with E-state index in [0.717, 1.165) is 24.5 Å². The third-order valence-electron chi connectivity index (χ3n) is 3.79. The van der Waals surface area contributed by atoms with Gasteiger partial charge in [-0.3, -0.25) is 4.79 Å². The van der Waals surface area contributed by atoms with Crippen LogP contribution in [0.1, 0.15) is 46.0 Å². The molecule has 1 heterocycles. The SMILES string of the molecule is CC(C)(CNC(=O)c1cnc(C(=O)O)cn1)c1ccc(C(F)(F)F)cc1. The first-order chi connectivity index (χ1) is 12.0. The number of nitrogens with zero attached hydrogens (tertiary/aromatic N) is 2. The number of benzene rings is 1. The number of carbonyl (C=O) groups excluding carboxylic acids is 1. The number of hydrogen-bond acceptors (Lipinski definition) is 4. The van der Waals surface area contributed by atoms with E-state index in [9.17, 15) is 22.8 Å². The normalized spacial score (nSPS) is 11.9. The Labute approximate surface area is 147 Å². The Bertz CT molecular complexity index is 801. The molecule has 9 heteroatoms. The summed E-state index contributed by atoms with van der Waals surface area (Å²) in [6.45, 7) is 3.68. The van der Waals surface area contributed by atoms with E-state index in [1.165, 1.54) is 12.1 Å². The molecule has 2 rings (SSSR count). The molecule has 26 heavy (non-hydrogen) atoms. The summed E-state index contributed by atoms with van der Waals surface area (Å²) in [7, 11) is 0. The molecule has 2 N–H and O–H groups in total. The summed E-state index contributed by atoms with van der Waals surface area (Å²) in [6, 6.07) is 4.73. The molecule has 138 valence electrons. The predicted molar refractivity (Wildman–Crippen MR) is 85.8 cm³/mol. The third kappa shape index (κ3) is 4.56. The van der Waals surface area contributed by atoms with Crippen LogP contribution < -0.4 is 5.32 Å². The maximum atomic E-state index is 12.6. The molecule has 0 atom stereocenters. The minimum Gasteiger partial charge on any atom is -0.476 e. The van der Waals surface area contributed by atoms with Gasteiger partial charge in [-0.05, 0) is 17.7 Å². The molecule has 0 radical (unpaired) electrons. The smallest absolute Gasteiger partial charge is 0.416 e. The molecule has 2 aromatic rings. The number of aromatic carboxylic acids is 1. The molecule has 0 saturated heterocycles. The molecule has 0 aliphatic rings. The van der Waals surface area contributed by atoms with E-state index < -0.39 is 29.0 Å². The summed E-state index contributed by atoms with van der Waals surface area (Å²) in [6.07, 6.45) is -2.39. The van der Waals surface area contributed by atoms with E-state index in [1.54, 1.807) is 13.8 Å². The molecule has 0 aliphatic carbocycles. The number of hydrogen-bond donors (Lipinski definition) is 2. The molecule has 1 aromatic carbocycles.